The minimum absolute atomic E-state index is 0.151. The molecule has 116 valence electrons. The van der Waals surface area contributed by atoms with Gasteiger partial charge in [0.15, 0.2) is 5.60 Å². The van der Waals surface area contributed by atoms with Gasteiger partial charge in [-0.3, -0.25) is 0 Å². The van der Waals surface area contributed by atoms with E-state index in [1.807, 2.05) is 0 Å². The molecule has 1 rings (SSSR count). The van der Waals surface area contributed by atoms with Crippen molar-refractivity contribution in [3.63, 3.8) is 0 Å². The summed E-state index contributed by atoms with van der Waals surface area (Å²) in [5.41, 5.74) is -1.85. The summed E-state index contributed by atoms with van der Waals surface area (Å²) < 4.78 is 18.3. The molecule has 4 N–H and O–H groups in total. The molecular weight excluding hydrogens is 283 g/mol. The van der Waals surface area contributed by atoms with Crippen LogP contribution < -0.4 is 15.4 Å². The van der Waals surface area contributed by atoms with Crippen molar-refractivity contribution in [1.29, 1.82) is 0 Å². The molecule has 0 saturated carbocycles. The van der Waals surface area contributed by atoms with Gasteiger partial charge in [0.2, 0.25) is 0 Å². The monoisotopic (exact) mass is 300 g/mol. The molecule has 0 aromatic heterocycles. The minimum atomic E-state index is -2.08. The van der Waals surface area contributed by atoms with Crippen LogP contribution in [0.5, 0.6) is 5.75 Å². The van der Waals surface area contributed by atoms with Gasteiger partial charge in [-0.1, -0.05) is 0 Å². The van der Waals surface area contributed by atoms with Crippen molar-refractivity contribution >= 4 is 17.7 Å². The maximum absolute atomic E-state index is 13.1. The van der Waals surface area contributed by atoms with Crippen LogP contribution in [-0.2, 0) is 4.79 Å². The van der Waals surface area contributed by atoms with Crippen LogP contribution >= 0.6 is 0 Å². The number of hydrogen-bond acceptors (Lipinski definition) is 4. The van der Waals surface area contributed by atoms with E-state index in [4.69, 9.17) is 9.84 Å². The maximum atomic E-state index is 13.1. The molecule has 0 aliphatic carbocycles. The number of carbonyl (C=O) groups excluding carboxylic acids is 1. The number of carboxylic acids is 1. The predicted molar refractivity (Wildman–Crippen MR) is 72.9 cm³/mol. The lowest BCUT2D eigenvalue weighted by molar-refractivity contribution is -0.155. The van der Waals surface area contributed by atoms with Crippen molar-refractivity contribution in [1.82, 2.24) is 5.32 Å². The van der Waals surface area contributed by atoms with Crippen molar-refractivity contribution in [2.75, 3.05) is 18.5 Å². The third kappa shape index (κ3) is 4.92. The third-order valence-electron chi connectivity index (χ3n) is 2.55. The fourth-order valence-corrected chi connectivity index (χ4v) is 1.37. The van der Waals surface area contributed by atoms with Crippen LogP contribution in [0.1, 0.15) is 13.8 Å². The van der Waals surface area contributed by atoms with Crippen molar-refractivity contribution in [2.24, 2.45) is 0 Å². The fourth-order valence-electron chi connectivity index (χ4n) is 1.37. The number of hydrogen-bond donors (Lipinski definition) is 4. The molecule has 1 unspecified atom stereocenters. The zero-order valence-electron chi connectivity index (χ0n) is 11.6. The average Bonchev–Trinajstić information content (AvgIpc) is 2.40. The Morgan fingerprint density at radius 3 is 2.67 bits per heavy atom. The highest BCUT2D eigenvalue weighted by atomic mass is 19.1. The van der Waals surface area contributed by atoms with Gasteiger partial charge in [-0.15, -0.1) is 0 Å². The zero-order valence-corrected chi connectivity index (χ0v) is 11.6. The normalized spacial score (nSPS) is 13.1. The van der Waals surface area contributed by atoms with Gasteiger partial charge in [0.25, 0.3) is 0 Å². The van der Waals surface area contributed by atoms with Gasteiger partial charge in [0.05, 0.1) is 18.8 Å². The Morgan fingerprint density at radius 1 is 1.43 bits per heavy atom. The van der Waals surface area contributed by atoms with Gasteiger partial charge < -0.3 is 25.6 Å². The molecule has 0 radical (unpaired) electrons. The number of urea groups is 1. The highest BCUT2D eigenvalue weighted by Crippen LogP contribution is 2.25. The number of amides is 2. The lowest BCUT2D eigenvalue weighted by Crippen LogP contribution is -2.47. The molecule has 0 bridgehead atoms. The maximum Gasteiger partial charge on any atom is 0.337 e. The number of aliphatic carboxylic acids is 1. The van der Waals surface area contributed by atoms with Crippen LogP contribution in [0.4, 0.5) is 14.9 Å². The molecule has 1 aromatic carbocycles. The predicted octanol–water partition coefficient (Wildman–Crippen LogP) is 1.18. The Bertz CT molecular complexity index is 533. The summed E-state index contributed by atoms with van der Waals surface area (Å²) in [5.74, 6) is -1.82. The van der Waals surface area contributed by atoms with Crippen molar-refractivity contribution < 1.29 is 28.9 Å². The first-order valence-electron chi connectivity index (χ1n) is 6.19. The van der Waals surface area contributed by atoms with E-state index in [9.17, 15) is 19.1 Å². The summed E-state index contributed by atoms with van der Waals surface area (Å²) >= 11 is 0. The number of carboxylic acid groups (broad SMARTS) is 1. The average molecular weight is 300 g/mol. The van der Waals surface area contributed by atoms with Gasteiger partial charge in [-0.05, 0) is 26.0 Å². The largest absolute Gasteiger partial charge is 0.492 e. The number of carbonyl (C=O) groups is 2. The summed E-state index contributed by atoms with van der Waals surface area (Å²) in [5, 5.41) is 22.8. The Morgan fingerprint density at radius 2 is 2.10 bits per heavy atom. The van der Waals surface area contributed by atoms with E-state index in [1.54, 1.807) is 6.92 Å². The summed E-state index contributed by atoms with van der Waals surface area (Å²) in [6, 6.07) is 2.83. The van der Waals surface area contributed by atoms with Gasteiger partial charge in [0, 0.05) is 6.07 Å². The van der Waals surface area contributed by atoms with Crippen molar-refractivity contribution in [2.45, 2.75) is 19.4 Å². The first kappa shape index (κ1) is 16.7. The second-order valence-electron chi connectivity index (χ2n) is 4.46. The van der Waals surface area contributed by atoms with Crippen LogP contribution in [0.15, 0.2) is 18.2 Å². The van der Waals surface area contributed by atoms with Crippen LogP contribution in [0.25, 0.3) is 0 Å². The van der Waals surface area contributed by atoms with Crippen LogP contribution in [0.3, 0.4) is 0 Å². The highest BCUT2D eigenvalue weighted by molar-refractivity contribution is 5.91. The van der Waals surface area contributed by atoms with Gasteiger partial charge in [0.1, 0.15) is 11.6 Å². The molecule has 0 heterocycles. The molecule has 1 atom stereocenters. The Kier molecular flexibility index (Phi) is 5.48. The molecular formula is C13H17FN2O5. The van der Waals surface area contributed by atoms with E-state index in [2.05, 4.69) is 10.6 Å². The highest BCUT2D eigenvalue weighted by Gasteiger charge is 2.30. The van der Waals surface area contributed by atoms with Gasteiger partial charge in [-0.2, -0.15) is 0 Å². The third-order valence-corrected chi connectivity index (χ3v) is 2.55. The molecule has 0 aliphatic rings. The summed E-state index contributed by atoms with van der Waals surface area (Å²) in [7, 11) is 0. The standard InChI is InChI=1S/C13H17FN2O5/c1-3-21-10-6-8(14)4-5-9(10)16-12(19)15-7-13(2,20)11(17)18/h4-6,20H,3,7H2,1-2H3,(H,17,18)(H2,15,16,19). The first-order chi connectivity index (χ1) is 9.76. The summed E-state index contributed by atoms with van der Waals surface area (Å²) in [6.45, 7) is 2.56. The quantitative estimate of drug-likeness (QED) is 0.631. The van der Waals surface area contributed by atoms with E-state index in [0.717, 1.165) is 19.1 Å². The molecule has 7 nitrogen and oxygen atoms in total. The number of aliphatic hydroxyl groups is 1. The van der Waals surface area contributed by atoms with Crippen LogP contribution in [-0.4, -0.2) is 41.0 Å². The summed E-state index contributed by atoms with van der Waals surface area (Å²) in [4.78, 5) is 22.3. The first-order valence-corrected chi connectivity index (χ1v) is 6.19. The van der Waals surface area contributed by atoms with E-state index >= 15 is 0 Å². The SMILES string of the molecule is CCOc1cc(F)ccc1NC(=O)NCC(C)(O)C(=O)O. The molecule has 2 amide bonds. The lowest BCUT2D eigenvalue weighted by Gasteiger charge is -2.19. The zero-order chi connectivity index (χ0) is 16.0. The van der Waals surface area contributed by atoms with Crippen molar-refractivity contribution in [3.8, 4) is 5.75 Å². The number of ether oxygens (including phenoxy) is 1. The van der Waals surface area contributed by atoms with E-state index in [1.165, 1.54) is 6.07 Å². The fraction of sp³-hybridized carbons (Fsp3) is 0.385. The molecule has 0 saturated heterocycles. The molecule has 1 aromatic rings. The smallest absolute Gasteiger partial charge is 0.337 e. The summed E-state index contributed by atoms with van der Waals surface area (Å²) in [6.07, 6.45) is 0. The molecule has 0 aliphatic heterocycles. The second kappa shape index (κ2) is 6.89. The number of benzene rings is 1. The van der Waals surface area contributed by atoms with Gasteiger partial charge in [-0.25, -0.2) is 14.0 Å². The van der Waals surface area contributed by atoms with E-state index < -0.39 is 30.0 Å². The van der Waals surface area contributed by atoms with Crippen LogP contribution in [0, 0.1) is 5.82 Å². The second-order valence-corrected chi connectivity index (χ2v) is 4.46. The van der Waals surface area contributed by atoms with Gasteiger partial charge >= 0.3 is 12.0 Å². The topological polar surface area (TPSA) is 108 Å². The Hall–Kier alpha value is -2.35. The number of anilines is 1. The van der Waals surface area contributed by atoms with E-state index in [-0.39, 0.29) is 18.0 Å². The van der Waals surface area contributed by atoms with Crippen molar-refractivity contribution in [3.05, 3.63) is 24.0 Å². The number of nitrogens with one attached hydrogen (secondary N) is 2. The molecule has 0 fully saturated rings. The Balaban J connectivity index is 2.69. The molecule has 21 heavy (non-hydrogen) atoms. The Labute approximate surface area is 120 Å². The number of rotatable bonds is 6. The minimum Gasteiger partial charge on any atom is -0.492 e. The van der Waals surface area contributed by atoms with Crippen LogP contribution in [0.2, 0.25) is 0 Å². The number of halogens is 1. The molecule has 0 spiro atoms. The lowest BCUT2D eigenvalue weighted by atomic mass is 10.1. The van der Waals surface area contributed by atoms with E-state index in [0.29, 0.717) is 0 Å². The molecule has 8 heteroatoms.